The maximum Gasteiger partial charge on any atom is 0.407 e. The maximum atomic E-state index is 10.3. The third-order valence-electron chi connectivity index (χ3n) is 1.39. The maximum absolute atomic E-state index is 10.3. The molecule has 0 aromatic rings. The molecule has 0 aromatic heterocycles. The van der Waals surface area contributed by atoms with Gasteiger partial charge in [-0.05, 0) is 0 Å². The van der Waals surface area contributed by atoms with Gasteiger partial charge in [0.05, 0.1) is 0 Å². The van der Waals surface area contributed by atoms with E-state index in [1.807, 2.05) is 0 Å². The van der Waals surface area contributed by atoms with Crippen molar-refractivity contribution in [2.75, 3.05) is 26.2 Å². The van der Waals surface area contributed by atoms with E-state index in [4.69, 9.17) is 5.11 Å². The lowest BCUT2D eigenvalue weighted by Crippen LogP contribution is -2.45. The fourth-order valence-electron chi connectivity index (χ4n) is 0.856. The Morgan fingerprint density at radius 2 is 1.82 bits per heavy atom. The molecular formula is C5H14N4O2. The number of hydrogen-bond acceptors (Lipinski definition) is 4. The number of hydrazine groups is 1. The Labute approximate surface area is 65.1 Å². The van der Waals surface area contributed by atoms with E-state index >= 15 is 0 Å². The Hall–Kier alpha value is -0.850. The number of nitrogens with two attached hydrogens (primary N) is 2. The molecule has 1 amide bonds. The monoisotopic (exact) mass is 162 g/mol. The molecule has 66 valence electrons. The van der Waals surface area contributed by atoms with Crippen molar-refractivity contribution in [2.24, 2.45) is 11.7 Å². The summed E-state index contributed by atoms with van der Waals surface area (Å²) in [7, 11) is 0. The fourth-order valence-corrected chi connectivity index (χ4v) is 0.856. The summed E-state index contributed by atoms with van der Waals surface area (Å²) in [5.74, 6) is 8.00. The standard InChI is InChI=1S/C5H10N2O2.H4N2/c8-5(9)7-3-1-6-2-4-7;1-2/h6H,1-4H2,(H,8,9);1-2H2. The molecule has 0 unspecified atom stereocenters. The number of rotatable bonds is 0. The Morgan fingerprint density at radius 3 is 2.09 bits per heavy atom. The van der Waals surface area contributed by atoms with E-state index in [-0.39, 0.29) is 0 Å². The average molecular weight is 162 g/mol. The molecule has 1 heterocycles. The second-order valence-corrected chi connectivity index (χ2v) is 2.02. The molecule has 0 aromatic carbocycles. The quantitative estimate of drug-likeness (QED) is 0.253. The van der Waals surface area contributed by atoms with Gasteiger partial charge in [-0.2, -0.15) is 0 Å². The molecule has 0 spiro atoms. The van der Waals surface area contributed by atoms with Crippen LogP contribution in [0, 0.1) is 0 Å². The van der Waals surface area contributed by atoms with Crippen molar-refractivity contribution >= 4 is 6.09 Å². The Kier molecular flexibility index (Phi) is 5.44. The zero-order chi connectivity index (χ0) is 8.69. The first-order valence-corrected chi connectivity index (χ1v) is 3.32. The molecule has 6 nitrogen and oxygen atoms in total. The second kappa shape index (κ2) is 5.90. The Balaban J connectivity index is 0.000000461. The van der Waals surface area contributed by atoms with E-state index in [9.17, 15) is 4.79 Å². The predicted molar refractivity (Wildman–Crippen MR) is 40.8 cm³/mol. The van der Waals surface area contributed by atoms with Gasteiger partial charge in [0.15, 0.2) is 0 Å². The van der Waals surface area contributed by atoms with Crippen LogP contribution >= 0.6 is 0 Å². The van der Waals surface area contributed by atoms with Crippen LogP contribution in [0.4, 0.5) is 4.79 Å². The van der Waals surface area contributed by atoms with Gasteiger partial charge in [-0.1, -0.05) is 0 Å². The lowest BCUT2D eigenvalue weighted by Gasteiger charge is -2.23. The van der Waals surface area contributed by atoms with Crippen molar-refractivity contribution in [2.45, 2.75) is 0 Å². The molecule has 1 saturated heterocycles. The molecule has 11 heavy (non-hydrogen) atoms. The van der Waals surface area contributed by atoms with Crippen molar-refractivity contribution in [3.8, 4) is 0 Å². The number of hydrogen-bond donors (Lipinski definition) is 4. The highest BCUT2D eigenvalue weighted by molar-refractivity contribution is 5.65. The van der Waals surface area contributed by atoms with E-state index < -0.39 is 6.09 Å². The molecule has 1 rings (SSSR count). The molecule has 0 radical (unpaired) electrons. The van der Waals surface area contributed by atoms with E-state index in [2.05, 4.69) is 17.0 Å². The number of carbonyl (C=O) groups is 1. The molecule has 6 N–H and O–H groups in total. The van der Waals surface area contributed by atoms with E-state index in [0.29, 0.717) is 13.1 Å². The van der Waals surface area contributed by atoms with Crippen LogP contribution in [0.25, 0.3) is 0 Å². The normalized spacial score (nSPS) is 16.7. The van der Waals surface area contributed by atoms with Gasteiger partial charge >= 0.3 is 6.09 Å². The molecule has 0 bridgehead atoms. The van der Waals surface area contributed by atoms with Gasteiger partial charge in [0.1, 0.15) is 0 Å². The second-order valence-electron chi connectivity index (χ2n) is 2.02. The van der Waals surface area contributed by atoms with Gasteiger partial charge in [-0.3, -0.25) is 11.7 Å². The summed E-state index contributed by atoms with van der Waals surface area (Å²) in [5, 5.41) is 11.5. The van der Waals surface area contributed by atoms with Gasteiger partial charge in [0.25, 0.3) is 0 Å². The first-order valence-electron chi connectivity index (χ1n) is 3.32. The molecule has 1 aliphatic rings. The molecule has 6 heteroatoms. The van der Waals surface area contributed by atoms with Crippen LogP contribution < -0.4 is 17.0 Å². The molecule has 1 aliphatic heterocycles. The average Bonchev–Trinajstić information content (AvgIpc) is 2.10. The van der Waals surface area contributed by atoms with Crippen LogP contribution in [0.15, 0.2) is 0 Å². The zero-order valence-corrected chi connectivity index (χ0v) is 6.29. The highest BCUT2D eigenvalue weighted by Gasteiger charge is 2.13. The minimum atomic E-state index is -0.809. The van der Waals surface area contributed by atoms with Gasteiger partial charge < -0.3 is 15.3 Å². The first-order chi connectivity index (χ1) is 5.30. The van der Waals surface area contributed by atoms with Crippen molar-refractivity contribution < 1.29 is 9.90 Å². The minimum absolute atomic E-state index is 0.620. The highest BCUT2D eigenvalue weighted by atomic mass is 16.4. The van der Waals surface area contributed by atoms with Crippen LogP contribution in [-0.4, -0.2) is 42.3 Å². The zero-order valence-electron chi connectivity index (χ0n) is 6.29. The number of nitrogens with one attached hydrogen (secondary N) is 1. The predicted octanol–water partition coefficient (Wildman–Crippen LogP) is -1.61. The van der Waals surface area contributed by atoms with E-state index in [0.717, 1.165) is 13.1 Å². The number of amides is 1. The Morgan fingerprint density at radius 1 is 1.36 bits per heavy atom. The van der Waals surface area contributed by atoms with Gasteiger partial charge in [-0.25, -0.2) is 4.79 Å². The summed E-state index contributed by atoms with van der Waals surface area (Å²) in [6, 6.07) is 0. The molecule has 0 saturated carbocycles. The van der Waals surface area contributed by atoms with E-state index in [1.54, 1.807) is 0 Å². The van der Waals surface area contributed by atoms with E-state index in [1.165, 1.54) is 4.90 Å². The van der Waals surface area contributed by atoms with Crippen LogP contribution in [0.5, 0.6) is 0 Å². The van der Waals surface area contributed by atoms with Crippen LogP contribution in [-0.2, 0) is 0 Å². The number of nitrogens with zero attached hydrogens (tertiary/aromatic N) is 1. The smallest absolute Gasteiger partial charge is 0.407 e. The van der Waals surface area contributed by atoms with Gasteiger partial charge in [0, 0.05) is 26.2 Å². The fraction of sp³-hybridized carbons (Fsp3) is 0.800. The number of piperazine rings is 1. The minimum Gasteiger partial charge on any atom is -0.465 e. The van der Waals surface area contributed by atoms with Crippen molar-refractivity contribution in [3.63, 3.8) is 0 Å². The summed E-state index contributed by atoms with van der Waals surface area (Å²) in [6.45, 7) is 2.81. The van der Waals surface area contributed by atoms with Gasteiger partial charge in [-0.15, -0.1) is 0 Å². The summed E-state index contributed by atoms with van der Waals surface area (Å²) in [5.41, 5.74) is 0. The summed E-state index contributed by atoms with van der Waals surface area (Å²) in [6.07, 6.45) is -0.809. The molecule has 1 fully saturated rings. The molecule has 0 atom stereocenters. The SMILES string of the molecule is NN.O=C(O)N1CCNCC1. The third kappa shape index (κ3) is 3.76. The third-order valence-corrected chi connectivity index (χ3v) is 1.39. The summed E-state index contributed by atoms with van der Waals surface area (Å²) >= 11 is 0. The molecular weight excluding hydrogens is 148 g/mol. The number of carboxylic acid groups (broad SMARTS) is 1. The summed E-state index contributed by atoms with van der Waals surface area (Å²) < 4.78 is 0. The van der Waals surface area contributed by atoms with Crippen molar-refractivity contribution in [1.82, 2.24) is 10.2 Å². The van der Waals surface area contributed by atoms with Crippen molar-refractivity contribution in [1.29, 1.82) is 0 Å². The highest BCUT2D eigenvalue weighted by Crippen LogP contribution is 1.90. The Bertz CT molecular complexity index is 113. The van der Waals surface area contributed by atoms with Crippen LogP contribution in [0.2, 0.25) is 0 Å². The van der Waals surface area contributed by atoms with Gasteiger partial charge in [0.2, 0.25) is 0 Å². The lowest BCUT2D eigenvalue weighted by molar-refractivity contribution is 0.139. The van der Waals surface area contributed by atoms with Crippen molar-refractivity contribution in [3.05, 3.63) is 0 Å². The topological polar surface area (TPSA) is 105 Å². The largest absolute Gasteiger partial charge is 0.465 e. The van der Waals surface area contributed by atoms with Crippen LogP contribution in [0.1, 0.15) is 0 Å². The van der Waals surface area contributed by atoms with Crippen LogP contribution in [0.3, 0.4) is 0 Å². The lowest BCUT2D eigenvalue weighted by atomic mass is 10.4. The first kappa shape index (κ1) is 10.2. The molecule has 0 aliphatic carbocycles. The summed E-state index contributed by atoms with van der Waals surface area (Å²) in [4.78, 5) is 11.7.